The lowest BCUT2D eigenvalue weighted by Gasteiger charge is -2.08. The number of hydrogen-bond acceptors (Lipinski definition) is 4. The fourth-order valence-electron chi connectivity index (χ4n) is 1.31. The molecule has 2 N–H and O–H groups in total. The number of benzene rings is 1. The Morgan fingerprint density at radius 2 is 2.12 bits per heavy atom. The van der Waals surface area contributed by atoms with Crippen molar-refractivity contribution >= 4 is 15.9 Å². The molecular weight excluding hydrogens is 240 g/mol. The smallest absolute Gasteiger partial charge is 0.240 e. The molecule has 0 amide bonds. The Bertz CT molecular complexity index is 497. The third-order valence-corrected chi connectivity index (χ3v) is 3.57. The number of nitrogens with one attached hydrogen (secondary N) is 2. The van der Waals surface area contributed by atoms with Gasteiger partial charge in [-0.15, -0.1) is 0 Å². The predicted molar refractivity (Wildman–Crippen MR) is 65.8 cm³/mol. The zero-order chi connectivity index (χ0) is 12.9. The summed E-state index contributed by atoms with van der Waals surface area (Å²) in [7, 11) is -3.48. The molecule has 0 atom stereocenters. The van der Waals surface area contributed by atoms with Gasteiger partial charge in [0.15, 0.2) is 0 Å². The normalized spacial score (nSPS) is 11.2. The van der Waals surface area contributed by atoms with E-state index in [1.165, 1.54) is 12.1 Å². The van der Waals surface area contributed by atoms with Crippen LogP contribution in [0.25, 0.3) is 0 Å². The van der Waals surface area contributed by atoms with Crippen LogP contribution in [0.4, 0.5) is 0 Å². The predicted octanol–water partition coefficient (Wildman–Crippen LogP) is 1.35. The van der Waals surface area contributed by atoms with E-state index >= 15 is 0 Å². The third kappa shape index (κ3) is 3.54. The van der Waals surface area contributed by atoms with Crippen LogP contribution < -0.4 is 4.72 Å². The summed E-state index contributed by atoms with van der Waals surface area (Å²) < 4.78 is 30.9. The van der Waals surface area contributed by atoms with Gasteiger partial charge in [-0.3, -0.25) is 5.41 Å². The molecule has 5 nitrogen and oxygen atoms in total. The highest BCUT2D eigenvalue weighted by molar-refractivity contribution is 7.89. The van der Waals surface area contributed by atoms with Gasteiger partial charge in [0.05, 0.1) is 11.5 Å². The molecule has 0 aliphatic carbocycles. The SMILES string of the molecule is CCNS(=O)(=O)c1cccc(C(=N)OCC)c1. The molecule has 1 rings (SSSR count). The highest BCUT2D eigenvalue weighted by atomic mass is 32.2. The van der Waals surface area contributed by atoms with Crippen molar-refractivity contribution in [2.75, 3.05) is 13.2 Å². The van der Waals surface area contributed by atoms with Crippen LogP contribution in [0.3, 0.4) is 0 Å². The van der Waals surface area contributed by atoms with Gasteiger partial charge in [0.25, 0.3) is 0 Å². The Hall–Kier alpha value is -1.40. The van der Waals surface area contributed by atoms with Gasteiger partial charge in [0.1, 0.15) is 0 Å². The van der Waals surface area contributed by atoms with E-state index in [1.54, 1.807) is 26.0 Å². The molecule has 0 unspecified atom stereocenters. The van der Waals surface area contributed by atoms with Crippen molar-refractivity contribution in [2.24, 2.45) is 0 Å². The van der Waals surface area contributed by atoms with Crippen LogP contribution in [0.1, 0.15) is 19.4 Å². The van der Waals surface area contributed by atoms with Crippen LogP contribution in [0.15, 0.2) is 29.2 Å². The molecule has 0 spiro atoms. The average Bonchev–Trinajstić information content (AvgIpc) is 2.29. The quantitative estimate of drug-likeness (QED) is 0.616. The third-order valence-electron chi connectivity index (χ3n) is 2.03. The Kier molecular flexibility index (Phi) is 4.65. The van der Waals surface area contributed by atoms with Crippen molar-refractivity contribution < 1.29 is 13.2 Å². The molecule has 0 heterocycles. The van der Waals surface area contributed by atoms with E-state index in [1.807, 2.05) is 0 Å². The first-order valence-corrected chi connectivity index (χ1v) is 6.81. The summed E-state index contributed by atoms with van der Waals surface area (Å²) in [4.78, 5) is 0.140. The van der Waals surface area contributed by atoms with Crippen LogP contribution in [0.5, 0.6) is 0 Å². The first-order valence-electron chi connectivity index (χ1n) is 5.32. The first kappa shape index (κ1) is 13.7. The van der Waals surface area contributed by atoms with Crippen molar-refractivity contribution in [3.05, 3.63) is 29.8 Å². The maximum Gasteiger partial charge on any atom is 0.240 e. The van der Waals surface area contributed by atoms with E-state index in [-0.39, 0.29) is 10.8 Å². The molecule has 0 aliphatic rings. The number of sulfonamides is 1. The fraction of sp³-hybridized carbons (Fsp3) is 0.364. The molecular formula is C11H16N2O3S. The highest BCUT2D eigenvalue weighted by Gasteiger charge is 2.14. The Morgan fingerprint density at radius 1 is 1.41 bits per heavy atom. The number of hydrogen-bond donors (Lipinski definition) is 2. The first-order chi connectivity index (χ1) is 8.01. The van der Waals surface area contributed by atoms with Gasteiger partial charge >= 0.3 is 0 Å². The highest BCUT2D eigenvalue weighted by Crippen LogP contribution is 2.12. The van der Waals surface area contributed by atoms with Crippen LogP contribution in [-0.4, -0.2) is 27.5 Å². The van der Waals surface area contributed by atoms with Crippen LogP contribution in [0, 0.1) is 5.41 Å². The van der Waals surface area contributed by atoms with Gasteiger partial charge in [-0.1, -0.05) is 13.0 Å². The lowest BCUT2D eigenvalue weighted by atomic mass is 10.2. The summed E-state index contributed by atoms with van der Waals surface area (Å²) in [5.74, 6) is -0.0268. The van der Waals surface area contributed by atoms with Gasteiger partial charge in [0.2, 0.25) is 15.9 Å². The molecule has 0 bridgehead atoms. The van der Waals surface area contributed by atoms with Crippen molar-refractivity contribution in [1.29, 1.82) is 5.41 Å². The molecule has 1 aromatic rings. The molecule has 1 aromatic carbocycles. The molecule has 6 heteroatoms. The van der Waals surface area contributed by atoms with Gasteiger partial charge in [-0.2, -0.15) is 0 Å². The second kappa shape index (κ2) is 5.79. The molecule has 0 radical (unpaired) electrons. The molecule has 0 aliphatic heterocycles. The van der Waals surface area contributed by atoms with Crippen molar-refractivity contribution in [3.8, 4) is 0 Å². The lowest BCUT2D eigenvalue weighted by Crippen LogP contribution is -2.23. The summed E-state index contributed by atoms with van der Waals surface area (Å²) in [5, 5.41) is 7.60. The minimum atomic E-state index is -3.48. The average molecular weight is 256 g/mol. The Morgan fingerprint density at radius 3 is 2.71 bits per heavy atom. The molecule has 0 fully saturated rings. The van der Waals surface area contributed by atoms with E-state index in [4.69, 9.17) is 10.1 Å². The summed E-state index contributed by atoms with van der Waals surface area (Å²) >= 11 is 0. The van der Waals surface area contributed by atoms with E-state index in [2.05, 4.69) is 4.72 Å². The van der Waals surface area contributed by atoms with E-state index in [9.17, 15) is 8.42 Å². The van der Waals surface area contributed by atoms with Gasteiger partial charge < -0.3 is 4.74 Å². The zero-order valence-corrected chi connectivity index (χ0v) is 10.7. The van der Waals surface area contributed by atoms with Crippen LogP contribution in [0.2, 0.25) is 0 Å². The van der Waals surface area contributed by atoms with Gasteiger partial charge in [-0.25, -0.2) is 13.1 Å². The topological polar surface area (TPSA) is 79.3 Å². The van der Waals surface area contributed by atoms with Crippen molar-refractivity contribution in [2.45, 2.75) is 18.7 Å². The molecule has 17 heavy (non-hydrogen) atoms. The maximum atomic E-state index is 11.7. The summed E-state index contributed by atoms with van der Waals surface area (Å²) in [6.45, 7) is 4.19. The Labute approximate surface area is 101 Å². The van der Waals surface area contributed by atoms with E-state index in [0.717, 1.165) is 0 Å². The van der Waals surface area contributed by atoms with Gasteiger partial charge in [0, 0.05) is 12.1 Å². The lowest BCUT2D eigenvalue weighted by molar-refractivity contribution is 0.325. The zero-order valence-electron chi connectivity index (χ0n) is 9.86. The Balaban J connectivity index is 3.05. The second-order valence-electron chi connectivity index (χ2n) is 3.29. The molecule has 0 saturated carbocycles. The van der Waals surface area contributed by atoms with Crippen LogP contribution >= 0.6 is 0 Å². The molecule has 0 saturated heterocycles. The van der Waals surface area contributed by atoms with E-state index < -0.39 is 10.0 Å². The number of rotatable bonds is 5. The minimum Gasteiger partial charge on any atom is -0.478 e. The standard InChI is InChI=1S/C11H16N2O3S/c1-3-13-17(14,15)10-7-5-6-9(8-10)11(12)16-4-2/h5-8,12-13H,3-4H2,1-2H3. The summed E-state index contributed by atoms with van der Waals surface area (Å²) in [6.07, 6.45) is 0. The number of ether oxygens (including phenoxy) is 1. The fourth-order valence-corrected chi connectivity index (χ4v) is 2.39. The molecule has 94 valence electrons. The van der Waals surface area contributed by atoms with E-state index in [0.29, 0.717) is 18.7 Å². The monoisotopic (exact) mass is 256 g/mol. The minimum absolute atomic E-state index is 0.0268. The maximum absolute atomic E-state index is 11.7. The largest absolute Gasteiger partial charge is 0.478 e. The molecule has 0 aromatic heterocycles. The summed E-state index contributed by atoms with van der Waals surface area (Å²) in [6, 6.07) is 6.15. The summed E-state index contributed by atoms with van der Waals surface area (Å²) in [5.41, 5.74) is 0.450. The van der Waals surface area contributed by atoms with Crippen LogP contribution in [-0.2, 0) is 14.8 Å². The second-order valence-corrected chi connectivity index (χ2v) is 5.06. The van der Waals surface area contributed by atoms with Gasteiger partial charge in [-0.05, 0) is 25.1 Å². The van der Waals surface area contributed by atoms with Crippen molar-refractivity contribution in [1.82, 2.24) is 4.72 Å². The van der Waals surface area contributed by atoms with Crippen molar-refractivity contribution in [3.63, 3.8) is 0 Å².